The minimum absolute atomic E-state index is 0.0764. The van der Waals surface area contributed by atoms with Gasteiger partial charge < -0.3 is 4.74 Å². The second-order valence-corrected chi connectivity index (χ2v) is 3.11. The van der Waals surface area contributed by atoms with Crippen molar-refractivity contribution in [1.29, 1.82) is 0 Å². The van der Waals surface area contributed by atoms with E-state index in [-0.39, 0.29) is 18.0 Å². The van der Waals surface area contributed by atoms with Crippen LogP contribution in [0.15, 0.2) is 36.0 Å². The van der Waals surface area contributed by atoms with E-state index in [1.54, 1.807) is 0 Å². The number of fused-ring (bicyclic) bond motifs is 1. The lowest BCUT2D eigenvalue weighted by atomic mass is 9.92. The highest BCUT2D eigenvalue weighted by Crippen LogP contribution is 2.23. The molecule has 2 atom stereocenters. The van der Waals surface area contributed by atoms with E-state index in [0.717, 1.165) is 5.57 Å². The molecule has 2 unspecified atom stereocenters. The maximum atomic E-state index is 10.9. The van der Waals surface area contributed by atoms with Gasteiger partial charge in [0.05, 0.1) is 0 Å². The number of carbonyl (C=O) groups excluding carboxylic acids is 1. The lowest BCUT2D eigenvalue weighted by molar-refractivity contribution is -0.143. The van der Waals surface area contributed by atoms with Crippen LogP contribution in [0.3, 0.4) is 0 Å². The molecular weight excluding hydrogens is 152 g/mol. The van der Waals surface area contributed by atoms with Crippen molar-refractivity contribution in [3.8, 4) is 0 Å². The van der Waals surface area contributed by atoms with Crippen LogP contribution in [0.1, 0.15) is 6.92 Å². The summed E-state index contributed by atoms with van der Waals surface area (Å²) in [4.78, 5) is 10.9. The molecule has 0 aromatic carbocycles. The highest BCUT2D eigenvalue weighted by molar-refractivity contribution is 5.83. The normalized spacial score (nSPS) is 32.4. The second-order valence-electron chi connectivity index (χ2n) is 3.11. The third kappa shape index (κ3) is 1.20. The predicted octanol–water partition coefficient (Wildman–Crippen LogP) is 1.60. The van der Waals surface area contributed by atoms with Crippen LogP contribution in [0.25, 0.3) is 0 Å². The van der Waals surface area contributed by atoms with Gasteiger partial charge in [-0.2, -0.15) is 0 Å². The third-order valence-electron chi connectivity index (χ3n) is 2.09. The Bertz CT molecular complexity index is 297. The Hall–Kier alpha value is -1.31. The molecule has 0 saturated carbocycles. The molecule has 2 aliphatic rings. The molecule has 2 rings (SSSR count). The first-order valence-electron chi connectivity index (χ1n) is 4.01. The number of esters is 1. The highest BCUT2D eigenvalue weighted by atomic mass is 16.5. The molecule has 2 nitrogen and oxygen atoms in total. The Kier molecular flexibility index (Phi) is 1.61. The van der Waals surface area contributed by atoms with Crippen LogP contribution in [0.2, 0.25) is 0 Å². The first-order chi connectivity index (χ1) is 5.75. The molecule has 0 N–H and O–H groups in total. The number of rotatable bonds is 0. The van der Waals surface area contributed by atoms with E-state index in [2.05, 4.69) is 6.08 Å². The van der Waals surface area contributed by atoms with Crippen molar-refractivity contribution < 1.29 is 9.53 Å². The SMILES string of the molecule is CC1=CC2OC(=O)C=CC2C=C1. The molecule has 2 heteroatoms. The van der Waals surface area contributed by atoms with Crippen molar-refractivity contribution >= 4 is 5.97 Å². The van der Waals surface area contributed by atoms with Crippen LogP contribution >= 0.6 is 0 Å². The minimum Gasteiger partial charge on any atom is -0.454 e. The number of hydrogen-bond donors (Lipinski definition) is 0. The first-order valence-corrected chi connectivity index (χ1v) is 4.01. The molecule has 1 aliphatic heterocycles. The van der Waals surface area contributed by atoms with E-state index >= 15 is 0 Å². The van der Waals surface area contributed by atoms with E-state index in [9.17, 15) is 4.79 Å². The maximum Gasteiger partial charge on any atom is 0.331 e. The number of allylic oxidation sites excluding steroid dienone is 2. The van der Waals surface area contributed by atoms with Gasteiger partial charge in [-0.25, -0.2) is 4.79 Å². The summed E-state index contributed by atoms with van der Waals surface area (Å²) in [6.45, 7) is 2.00. The van der Waals surface area contributed by atoms with Crippen molar-refractivity contribution in [3.63, 3.8) is 0 Å². The van der Waals surface area contributed by atoms with Gasteiger partial charge in [-0.15, -0.1) is 0 Å². The summed E-state index contributed by atoms with van der Waals surface area (Å²) in [5.74, 6) is 0.00185. The average molecular weight is 162 g/mol. The standard InChI is InChI=1S/C10H10O2/c1-7-2-3-8-4-5-10(11)12-9(8)6-7/h2-6,8-9H,1H3. The van der Waals surface area contributed by atoms with Crippen molar-refractivity contribution in [1.82, 2.24) is 0 Å². The van der Waals surface area contributed by atoms with Gasteiger partial charge in [-0.05, 0) is 13.0 Å². The van der Waals surface area contributed by atoms with Crippen molar-refractivity contribution in [2.24, 2.45) is 5.92 Å². The fourth-order valence-electron chi connectivity index (χ4n) is 1.45. The summed E-state index contributed by atoms with van der Waals surface area (Å²) in [5.41, 5.74) is 1.15. The third-order valence-corrected chi connectivity index (χ3v) is 2.09. The Balaban J connectivity index is 2.27. The van der Waals surface area contributed by atoms with E-state index in [0.29, 0.717) is 0 Å². The van der Waals surface area contributed by atoms with Crippen molar-refractivity contribution in [2.45, 2.75) is 13.0 Å². The zero-order valence-electron chi connectivity index (χ0n) is 6.86. The molecule has 0 spiro atoms. The van der Waals surface area contributed by atoms with Gasteiger partial charge in [-0.3, -0.25) is 0 Å². The fourth-order valence-corrected chi connectivity index (χ4v) is 1.45. The lowest BCUT2D eigenvalue weighted by Crippen LogP contribution is -2.27. The fraction of sp³-hybridized carbons (Fsp3) is 0.300. The smallest absolute Gasteiger partial charge is 0.331 e. The molecule has 62 valence electrons. The van der Waals surface area contributed by atoms with Crippen LogP contribution < -0.4 is 0 Å². The molecule has 0 saturated heterocycles. The van der Waals surface area contributed by atoms with Gasteiger partial charge in [0.1, 0.15) is 6.10 Å². The summed E-state index contributed by atoms with van der Waals surface area (Å²) < 4.78 is 5.11. The Morgan fingerprint density at radius 3 is 2.92 bits per heavy atom. The van der Waals surface area contributed by atoms with Gasteiger partial charge in [0.2, 0.25) is 0 Å². The molecular formula is C10H10O2. The maximum absolute atomic E-state index is 10.9. The predicted molar refractivity (Wildman–Crippen MR) is 45.4 cm³/mol. The molecule has 0 bridgehead atoms. The summed E-state index contributed by atoms with van der Waals surface area (Å²) in [5, 5.41) is 0. The molecule has 1 heterocycles. The number of ether oxygens (including phenoxy) is 1. The molecule has 0 amide bonds. The molecule has 0 radical (unpaired) electrons. The number of hydrogen-bond acceptors (Lipinski definition) is 2. The molecule has 12 heavy (non-hydrogen) atoms. The molecule has 0 aromatic rings. The van der Waals surface area contributed by atoms with Crippen LogP contribution in [0.5, 0.6) is 0 Å². The molecule has 1 aliphatic carbocycles. The van der Waals surface area contributed by atoms with E-state index in [1.807, 2.05) is 25.2 Å². The minimum atomic E-state index is -0.240. The van der Waals surface area contributed by atoms with Gasteiger partial charge in [0, 0.05) is 12.0 Å². The quantitative estimate of drug-likeness (QED) is 0.506. The van der Waals surface area contributed by atoms with Crippen molar-refractivity contribution in [3.05, 3.63) is 36.0 Å². The molecule has 0 aromatic heterocycles. The number of carbonyl (C=O) groups is 1. The average Bonchev–Trinajstić information content (AvgIpc) is 2.03. The topological polar surface area (TPSA) is 26.3 Å². The van der Waals surface area contributed by atoms with Gasteiger partial charge in [0.15, 0.2) is 0 Å². The van der Waals surface area contributed by atoms with Gasteiger partial charge >= 0.3 is 5.97 Å². The summed E-state index contributed by atoms with van der Waals surface area (Å²) in [7, 11) is 0. The zero-order chi connectivity index (χ0) is 8.55. The van der Waals surface area contributed by atoms with Gasteiger partial charge in [0.25, 0.3) is 0 Å². The van der Waals surface area contributed by atoms with Crippen molar-refractivity contribution in [2.75, 3.05) is 0 Å². The lowest BCUT2D eigenvalue weighted by Gasteiger charge is -2.25. The van der Waals surface area contributed by atoms with E-state index in [1.165, 1.54) is 6.08 Å². The van der Waals surface area contributed by atoms with Crippen LogP contribution in [-0.4, -0.2) is 12.1 Å². The van der Waals surface area contributed by atoms with E-state index in [4.69, 9.17) is 4.74 Å². The van der Waals surface area contributed by atoms with Crippen LogP contribution in [-0.2, 0) is 9.53 Å². The molecule has 0 fully saturated rings. The zero-order valence-corrected chi connectivity index (χ0v) is 6.86. The Morgan fingerprint density at radius 2 is 2.08 bits per heavy atom. The van der Waals surface area contributed by atoms with Crippen LogP contribution in [0, 0.1) is 5.92 Å². The van der Waals surface area contributed by atoms with Gasteiger partial charge in [-0.1, -0.05) is 23.8 Å². The summed E-state index contributed by atoms with van der Waals surface area (Å²) in [6.07, 6.45) is 9.38. The summed E-state index contributed by atoms with van der Waals surface area (Å²) in [6, 6.07) is 0. The highest BCUT2D eigenvalue weighted by Gasteiger charge is 2.24. The largest absolute Gasteiger partial charge is 0.454 e. The Labute approximate surface area is 71.2 Å². The second kappa shape index (κ2) is 2.63. The van der Waals surface area contributed by atoms with E-state index < -0.39 is 0 Å². The Morgan fingerprint density at radius 1 is 1.33 bits per heavy atom. The van der Waals surface area contributed by atoms with Crippen LogP contribution in [0.4, 0.5) is 0 Å². The first kappa shape index (κ1) is 7.35. The monoisotopic (exact) mass is 162 g/mol. The summed E-state index contributed by atoms with van der Waals surface area (Å²) >= 11 is 0.